The van der Waals surface area contributed by atoms with Crippen molar-refractivity contribution in [2.45, 2.75) is 25.2 Å². The van der Waals surface area contributed by atoms with E-state index in [0.717, 1.165) is 55.7 Å². The third-order valence-electron chi connectivity index (χ3n) is 5.89. The number of piperidine rings is 1. The van der Waals surface area contributed by atoms with E-state index in [-0.39, 0.29) is 0 Å². The predicted octanol–water partition coefficient (Wildman–Crippen LogP) is 4.30. The van der Waals surface area contributed by atoms with E-state index in [0.29, 0.717) is 11.5 Å². The molecule has 2 heterocycles. The molecular formula is C23H26N2O3. The molecular weight excluding hydrogens is 352 g/mol. The monoisotopic (exact) mass is 378 g/mol. The number of carboxylic acids is 1. The van der Waals surface area contributed by atoms with Crippen molar-refractivity contribution in [2.24, 2.45) is 0 Å². The van der Waals surface area contributed by atoms with Crippen LogP contribution in [-0.4, -0.2) is 47.7 Å². The van der Waals surface area contributed by atoms with Gasteiger partial charge in [-0.2, -0.15) is 0 Å². The Morgan fingerprint density at radius 1 is 1.21 bits per heavy atom. The zero-order chi connectivity index (χ0) is 19.5. The van der Waals surface area contributed by atoms with Crippen LogP contribution in [0.5, 0.6) is 5.75 Å². The minimum absolute atomic E-state index is 0.421. The molecule has 0 unspecified atom stereocenters. The van der Waals surface area contributed by atoms with E-state index in [2.05, 4.69) is 28.2 Å². The Morgan fingerprint density at radius 3 is 2.75 bits per heavy atom. The summed E-state index contributed by atoms with van der Waals surface area (Å²) in [7, 11) is 1.70. The average Bonchev–Trinajstić information content (AvgIpc) is 3.16. The number of carbonyl (C=O) groups is 1. The minimum atomic E-state index is -0.843. The van der Waals surface area contributed by atoms with Gasteiger partial charge in [0, 0.05) is 23.6 Å². The van der Waals surface area contributed by atoms with Crippen molar-refractivity contribution in [1.29, 1.82) is 0 Å². The van der Waals surface area contributed by atoms with Crippen molar-refractivity contribution in [3.63, 3.8) is 0 Å². The molecule has 0 saturated carbocycles. The molecule has 1 aromatic heterocycles. The molecule has 5 nitrogen and oxygen atoms in total. The summed E-state index contributed by atoms with van der Waals surface area (Å²) >= 11 is 0. The van der Waals surface area contributed by atoms with Crippen LogP contribution in [0.3, 0.4) is 0 Å². The van der Waals surface area contributed by atoms with Crippen molar-refractivity contribution in [1.82, 2.24) is 9.88 Å². The van der Waals surface area contributed by atoms with Crippen LogP contribution in [-0.2, 0) is 6.42 Å². The Morgan fingerprint density at radius 2 is 2.00 bits per heavy atom. The van der Waals surface area contributed by atoms with E-state index in [1.165, 1.54) is 10.9 Å². The lowest BCUT2D eigenvalue weighted by Crippen LogP contribution is -2.34. The van der Waals surface area contributed by atoms with Gasteiger partial charge in [0.2, 0.25) is 0 Å². The van der Waals surface area contributed by atoms with E-state index in [4.69, 9.17) is 4.74 Å². The van der Waals surface area contributed by atoms with Crippen LogP contribution in [0, 0.1) is 0 Å². The molecule has 28 heavy (non-hydrogen) atoms. The fraction of sp³-hybridized carbons (Fsp3) is 0.348. The molecule has 1 saturated heterocycles. The van der Waals surface area contributed by atoms with Gasteiger partial charge in [0.15, 0.2) is 0 Å². The molecule has 0 amide bonds. The first kappa shape index (κ1) is 18.6. The van der Waals surface area contributed by atoms with Crippen LogP contribution in [0.15, 0.2) is 48.7 Å². The molecule has 2 N–H and O–H groups in total. The SMILES string of the molecule is COc1ccc2[nH]cc(C3CCN(CCc4ccccc4C(=O)O)CC3)c2c1. The van der Waals surface area contributed by atoms with Gasteiger partial charge >= 0.3 is 5.97 Å². The number of likely N-dealkylation sites (tertiary alicyclic amines) is 1. The first-order valence-corrected chi connectivity index (χ1v) is 9.84. The Labute approximate surface area is 164 Å². The maximum atomic E-state index is 11.4. The summed E-state index contributed by atoms with van der Waals surface area (Å²) in [6, 6.07) is 13.5. The lowest BCUT2D eigenvalue weighted by molar-refractivity contribution is 0.0695. The highest BCUT2D eigenvalue weighted by Crippen LogP contribution is 2.34. The Bertz CT molecular complexity index is 971. The lowest BCUT2D eigenvalue weighted by Gasteiger charge is -2.32. The topological polar surface area (TPSA) is 65.6 Å². The van der Waals surface area contributed by atoms with Gasteiger partial charge in [-0.1, -0.05) is 18.2 Å². The number of hydrogen-bond acceptors (Lipinski definition) is 3. The highest BCUT2D eigenvalue weighted by molar-refractivity contribution is 5.89. The number of nitrogens with zero attached hydrogens (tertiary/aromatic N) is 1. The standard InChI is InChI=1S/C23H26N2O3/c1-28-18-6-7-22-20(14-18)21(15-24-22)17-9-12-25(13-10-17)11-8-16-4-2-3-5-19(16)23(26)27/h2-7,14-15,17,24H,8-13H2,1H3,(H,26,27). The molecule has 0 spiro atoms. The smallest absolute Gasteiger partial charge is 0.335 e. The fourth-order valence-electron chi connectivity index (χ4n) is 4.28. The number of fused-ring (bicyclic) bond motifs is 1. The number of aromatic nitrogens is 1. The number of benzene rings is 2. The number of methoxy groups -OCH3 is 1. The molecule has 1 aliphatic rings. The summed E-state index contributed by atoms with van der Waals surface area (Å²) < 4.78 is 5.39. The van der Waals surface area contributed by atoms with Crippen LogP contribution in [0.25, 0.3) is 10.9 Å². The summed E-state index contributed by atoms with van der Waals surface area (Å²) in [5, 5.41) is 10.6. The molecule has 0 bridgehead atoms. The van der Waals surface area contributed by atoms with Crippen molar-refractivity contribution in [3.8, 4) is 5.75 Å². The van der Waals surface area contributed by atoms with Gasteiger partial charge in [-0.05, 0) is 73.7 Å². The summed E-state index contributed by atoms with van der Waals surface area (Å²) in [5.74, 6) is 0.593. The zero-order valence-corrected chi connectivity index (χ0v) is 16.1. The van der Waals surface area contributed by atoms with Crippen LogP contribution in [0.2, 0.25) is 0 Å². The molecule has 0 radical (unpaired) electrons. The normalized spacial score (nSPS) is 15.8. The Balaban J connectivity index is 1.38. The second kappa shape index (κ2) is 8.07. The van der Waals surface area contributed by atoms with Crippen LogP contribution < -0.4 is 4.74 Å². The molecule has 1 fully saturated rings. The summed E-state index contributed by atoms with van der Waals surface area (Å²) in [4.78, 5) is 17.2. The first-order chi connectivity index (χ1) is 13.7. The van der Waals surface area contributed by atoms with Crippen LogP contribution in [0.1, 0.15) is 40.2 Å². The van der Waals surface area contributed by atoms with E-state index >= 15 is 0 Å². The second-order valence-electron chi connectivity index (χ2n) is 7.48. The van der Waals surface area contributed by atoms with Crippen molar-refractivity contribution >= 4 is 16.9 Å². The summed E-state index contributed by atoms with van der Waals surface area (Å²) in [6.07, 6.45) is 5.15. The number of aromatic amines is 1. The van der Waals surface area contributed by atoms with Gasteiger partial charge in [0.1, 0.15) is 5.75 Å². The molecule has 0 aliphatic carbocycles. The zero-order valence-electron chi connectivity index (χ0n) is 16.1. The van der Waals surface area contributed by atoms with Crippen molar-refractivity contribution in [2.75, 3.05) is 26.7 Å². The van der Waals surface area contributed by atoms with Crippen molar-refractivity contribution in [3.05, 3.63) is 65.4 Å². The Kier molecular flexibility index (Phi) is 5.35. The molecule has 3 aromatic rings. The minimum Gasteiger partial charge on any atom is -0.497 e. The van der Waals surface area contributed by atoms with Crippen LogP contribution >= 0.6 is 0 Å². The lowest BCUT2D eigenvalue weighted by atomic mass is 9.89. The average molecular weight is 378 g/mol. The third-order valence-corrected chi connectivity index (χ3v) is 5.89. The van der Waals surface area contributed by atoms with Gasteiger partial charge in [0.05, 0.1) is 12.7 Å². The molecule has 0 atom stereocenters. The second-order valence-corrected chi connectivity index (χ2v) is 7.48. The number of nitrogens with one attached hydrogen (secondary N) is 1. The summed E-state index contributed by atoms with van der Waals surface area (Å²) in [6.45, 7) is 2.98. The van der Waals surface area contributed by atoms with Gasteiger partial charge in [-0.3, -0.25) is 0 Å². The molecule has 5 heteroatoms. The third kappa shape index (κ3) is 3.76. The van der Waals surface area contributed by atoms with E-state index < -0.39 is 5.97 Å². The highest BCUT2D eigenvalue weighted by Gasteiger charge is 2.23. The van der Waals surface area contributed by atoms with E-state index in [1.54, 1.807) is 19.2 Å². The highest BCUT2D eigenvalue weighted by atomic mass is 16.5. The van der Waals surface area contributed by atoms with Gasteiger partial charge in [0.25, 0.3) is 0 Å². The van der Waals surface area contributed by atoms with Crippen LogP contribution in [0.4, 0.5) is 0 Å². The van der Waals surface area contributed by atoms with Crippen molar-refractivity contribution < 1.29 is 14.6 Å². The first-order valence-electron chi connectivity index (χ1n) is 9.84. The number of H-pyrrole nitrogens is 1. The van der Waals surface area contributed by atoms with Gasteiger partial charge in [-0.15, -0.1) is 0 Å². The maximum absolute atomic E-state index is 11.4. The molecule has 2 aromatic carbocycles. The predicted molar refractivity (Wildman–Crippen MR) is 110 cm³/mol. The van der Waals surface area contributed by atoms with Gasteiger partial charge in [-0.25, -0.2) is 4.79 Å². The Hall–Kier alpha value is -2.79. The number of aromatic carboxylic acids is 1. The number of hydrogen-bond donors (Lipinski definition) is 2. The quantitative estimate of drug-likeness (QED) is 0.671. The number of carboxylic acid groups (broad SMARTS) is 1. The van der Waals surface area contributed by atoms with Gasteiger partial charge < -0.3 is 19.7 Å². The number of ether oxygens (including phenoxy) is 1. The number of rotatable bonds is 6. The van der Waals surface area contributed by atoms with E-state index in [1.807, 2.05) is 18.2 Å². The molecule has 4 rings (SSSR count). The molecule has 1 aliphatic heterocycles. The molecule has 146 valence electrons. The fourth-order valence-corrected chi connectivity index (χ4v) is 4.28. The summed E-state index contributed by atoms with van der Waals surface area (Å²) in [5.41, 5.74) is 3.87. The maximum Gasteiger partial charge on any atom is 0.335 e. The largest absolute Gasteiger partial charge is 0.497 e. The van der Waals surface area contributed by atoms with E-state index in [9.17, 15) is 9.90 Å².